The van der Waals surface area contributed by atoms with Gasteiger partial charge in [-0.2, -0.15) is 5.26 Å². The predicted octanol–water partition coefficient (Wildman–Crippen LogP) is 5.73. The van der Waals surface area contributed by atoms with Gasteiger partial charge in [0.05, 0.1) is 22.7 Å². The molecule has 0 unspecified atom stereocenters. The van der Waals surface area contributed by atoms with Crippen molar-refractivity contribution in [1.29, 1.82) is 5.26 Å². The van der Waals surface area contributed by atoms with Gasteiger partial charge in [0.1, 0.15) is 11.6 Å². The second kappa shape index (κ2) is 8.25. The average Bonchev–Trinajstić information content (AvgIpc) is 3.09. The summed E-state index contributed by atoms with van der Waals surface area (Å²) in [7, 11) is 0. The Labute approximate surface area is 176 Å². The molecule has 1 N–H and O–H groups in total. The number of allylic oxidation sites excluding steroid dienone is 1. The predicted molar refractivity (Wildman–Crippen MR) is 114 cm³/mol. The third-order valence-corrected chi connectivity index (χ3v) is 5.00. The molecule has 0 atom stereocenters. The Bertz CT molecular complexity index is 1350. The van der Waals surface area contributed by atoms with Crippen molar-refractivity contribution in [3.8, 4) is 6.07 Å². The molecule has 152 valence electrons. The molecule has 1 aromatic heterocycles. The maximum absolute atomic E-state index is 13.9. The highest BCUT2D eigenvalue weighted by atomic mass is 19.1. The topological polar surface area (TPSA) is 66.0 Å². The number of rotatable bonds is 5. The molecule has 0 saturated heterocycles. The molecule has 0 aliphatic rings. The maximum atomic E-state index is 13.9. The van der Waals surface area contributed by atoms with Gasteiger partial charge in [-0.3, -0.25) is 0 Å². The summed E-state index contributed by atoms with van der Waals surface area (Å²) in [5.41, 5.74) is 3.27. The van der Waals surface area contributed by atoms with Crippen LogP contribution >= 0.6 is 0 Å². The fourth-order valence-corrected chi connectivity index (χ4v) is 3.45. The number of nitriles is 1. The van der Waals surface area contributed by atoms with Gasteiger partial charge >= 0.3 is 5.97 Å². The fraction of sp³-hybridized carbons (Fsp3) is 0.0400. The van der Waals surface area contributed by atoms with Crippen LogP contribution in [0.1, 0.15) is 27.0 Å². The minimum atomic E-state index is -1.04. The normalized spacial score (nSPS) is 11.5. The zero-order chi connectivity index (χ0) is 22.0. The lowest BCUT2D eigenvalue weighted by atomic mass is 10.0. The van der Waals surface area contributed by atoms with Crippen molar-refractivity contribution in [2.24, 2.45) is 0 Å². The van der Waals surface area contributed by atoms with Crippen LogP contribution < -0.4 is 0 Å². The number of aromatic nitrogens is 1. The standard InChI is InChI=1S/C25H16F2N2O2/c26-21-7-1-16(2-8-21)14-29-15-20(23-10-9-22(27)12-24(23)29)11-19(13-28)17-3-5-18(6-4-17)25(30)31/h1-12,15H,14H2,(H,30,31)/b19-11+. The summed E-state index contributed by atoms with van der Waals surface area (Å²) in [5, 5.41) is 19.5. The molecule has 3 aromatic carbocycles. The van der Waals surface area contributed by atoms with Crippen molar-refractivity contribution in [3.63, 3.8) is 0 Å². The van der Waals surface area contributed by atoms with Crippen LogP contribution in [0.5, 0.6) is 0 Å². The van der Waals surface area contributed by atoms with Crippen LogP contribution in [0, 0.1) is 23.0 Å². The smallest absolute Gasteiger partial charge is 0.335 e. The summed E-state index contributed by atoms with van der Waals surface area (Å²) in [6.45, 7) is 0.406. The Balaban J connectivity index is 1.78. The monoisotopic (exact) mass is 414 g/mol. The molecule has 4 rings (SSSR count). The molecule has 4 aromatic rings. The van der Waals surface area contributed by atoms with Crippen molar-refractivity contribution in [2.45, 2.75) is 6.54 Å². The van der Waals surface area contributed by atoms with Gasteiger partial charge in [0.15, 0.2) is 0 Å². The van der Waals surface area contributed by atoms with E-state index in [1.165, 1.54) is 36.4 Å². The Morgan fingerprint density at radius 2 is 1.61 bits per heavy atom. The number of carboxylic acids is 1. The fourth-order valence-electron chi connectivity index (χ4n) is 3.45. The summed E-state index contributed by atoms with van der Waals surface area (Å²) in [6.07, 6.45) is 3.51. The van der Waals surface area contributed by atoms with Crippen LogP contribution in [0.25, 0.3) is 22.6 Å². The second-order valence-corrected chi connectivity index (χ2v) is 7.05. The number of benzene rings is 3. The number of aromatic carboxylic acids is 1. The van der Waals surface area contributed by atoms with Crippen LogP contribution in [0.4, 0.5) is 8.78 Å². The van der Waals surface area contributed by atoms with Gasteiger partial charge in [-0.15, -0.1) is 0 Å². The van der Waals surface area contributed by atoms with Crippen LogP contribution in [-0.2, 0) is 6.54 Å². The molecule has 0 aliphatic heterocycles. The first-order valence-electron chi connectivity index (χ1n) is 9.43. The Hall–Kier alpha value is -4.24. The summed E-state index contributed by atoms with van der Waals surface area (Å²) < 4.78 is 29.0. The number of carbonyl (C=O) groups is 1. The summed E-state index contributed by atoms with van der Waals surface area (Å²) in [6, 6.07) is 18.7. The van der Waals surface area contributed by atoms with Crippen LogP contribution in [0.15, 0.2) is 72.9 Å². The van der Waals surface area contributed by atoms with Crippen molar-refractivity contribution in [1.82, 2.24) is 4.57 Å². The number of hydrogen-bond acceptors (Lipinski definition) is 2. The molecular formula is C25H16F2N2O2. The van der Waals surface area contributed by atoms with Gasteiger partial charge in [-0.25, -0.2) is 13.6 Å². The number of halogens is 2. The first-order chi connectivity index (χ1) is 14.9. The highest BCUT2D eigenvalue weighted by Crippen LogP contribution is 2.28. The average molecular weight is 414 g/mol. The highest BCUT2D eigenvalue weighted by Gasteiger charge is 2.11. The van der Waals surface area contributed by atoms with Gasteiger partial charge in [0.2, 0.25) is 0 Å². The number of carboxylic acid groups (broad SMARTS) is 1. The van der Waals surface area contributed by atoms with Crippen molar-refractivity contribution >= 4 is 28.5 Å². The third-order valence-electron chi connectivity index (χ3n) is 5.00. The Morgan fingerprint density at radius 1 is 0.968 bits per heavy atom. The zero-order valence-corrected chi connectivity index (χ0v) is 16.2. The lowest BCUT2D eigenvalue weighted by Gasteiger charge is -2.05. The highest BCUT2D eigenvalue weighted by molar-refractivity contribution is 5.98. The van der Waals surface area contributed by atoms with E-state index < -0.39 is 5.97 Å². The molecule has 0 bridgehead atoms. The molecule has 6 heteroatoms. The lowest BCUT2D eigenvalue weighted by molar-refractivity contribution is 0.0697. The Kier molecular flexibility index (Phi) is 5.33. The van der Waals surface area contributed by atoms with E-state index in [0.717, 1.165) is 16.5 Å². The van der Waals surface area contributed by atoms with Crippen molar-refractivity contribution in [3.05, 3.63) is 107 Å². The van der Waals surface area contributed by atoms with Gasteiger partial charge in [0.25, 0.3) is 0 Å². The molecule has 0 fully saturated rings. The van der Waals surface area contributed by atoms with Crippen LogP contribution in [0.3, 0.4) is 0 Å². The van der Waals surface area contributed by atoms with Crippen molar-refractivity contribution < 1.29 is 18.7 Å². The van der Waals surface area contributed by atoms with Gasteiger partial charge in [-0.05, 0) is 59.7 Å². The molecule has 0 aliphatic carbocycles. The van der Waals surface area contributed by atoms with E-state index in [4.69, 9.17) is 5.11 Å². The van der Waals surface area contributed by atoms with E-state index in [9.17, 15) is 18.8 Å². The first kappa shape index (κ1) is 20.0. The van der Waals surface area contributed by atoms with Gasteiger partial charge in [-0.1, -0.05) is 24.3 Å². The lowest BCUT2D eigenvalue weighted by Crippen LogP contribution is -1.98. The van der Waals surface area contributed by atoms with Gasteiger partial charge in [0, 0.05) is 23.7 Å². The number of hydrogen-bond donors (Lipinski definition) is 1. The van der Waals surface area contributed by atoms with E-state index in [-0.39, 0.29) is 17.2 Å². The van der Waals surface area contributed by atoms with E-state index in [0.29, 0.717) is 23.2 Å². The third kappa shape index (κ3) is 4.21. The Morgan fingerprint density at radius 3 is 2.26 bits per heavy atom. The number of fused-ring (bicyclic) bond motifs is 1. The van der Waals surface area contributed by atoms with Crippen LogP contribution in [-0.4, -0.2) is 15.6 Å². The number of nitrogens with zero attached hydrogens (tertiary/aromatic N) is 2. The van der Waals surface area contributed by atoms with Gasteiger partial charge < -0.3 is 9.67 Å². The molecule has 0 spiro atoms. The van der Waals surface area contributed by atoms with E-state index in [2.05, 4.69) is 6.07 Å². The minimum absolute atomic E-state index is 0.132. The molecule has 1 heterocycles. The second-order valence-electron chi connectivity index (χ2n) is 7.05. The minimum Gasteiger partial charge on any atom is -0.478 e. The van der Waals surface area contributed by atoms with Crippen molar-refractivity contribution in [2.75, 3.05) is 0 Å². The van der Waals surface area contributed by atoms with Crippen LogP contribution in [0.2, 0.25) is 0 Å². The molecule has 31 heavy (non-hydrogen) atoms. The first-order valence-corrected chi connectivity index (χ1v) is 9.43. The van der Waals surface area contributed by atoms with E-state index in [1.807, 2.05) is 10.8 Å². The summed E-state index contributed by atoms with van der Waals surface area (Å²) in [5.74, 6) is -1.76. The molecule has 0 saturated carbocycles. The summed E-state index contributed by atoms with van der Waals surface area (Å²) >= 11 is 0. The van der Waals surface area contributed by atoms with E-state index >= 15 is 0 Å². The SMILES string of the molecule is N#C/C(=C\c1cn(Cc2ccc(F)cc2)c2cc(F)ccc12)c1ccc(C(=O)O)cc1. The zero-order valence-electron chi connectivity index (χ0n) is 16.2. The maximum Gasteiger partial charge on any atom is 0.335 e. The molecule has 0 amide bonds. The molecule has 0 radical (unpaired) electrons. The summed E-state index contributed by atoms with van der Waals surface area (Å²) in [4.78, 5) is 11.1. The van der Waals surface area contributed by atoms with E-state index in [1.54, 1.807) is 36.4 Å². The molecular weight excluding hydrogens is 398 g/mol. The largest absolute Gasteiger partial charge is 0.478 e. The quantitative estimate of drug-likeness (QED) is 0.424. The molecule has 4 nitrogen and oxygen atoms in total.